The van der Waals surface area contributed by atoms with Crippen LogP contribution < -0.4 is 0 Å². The quantitative estimate of drug-likeness (QED) is 0.691. The van der Waals surface area contributed by atoms with Gasteiger partial charge in [-0.05, 0) is 37.0 Å². The van der Waals surface area contributed by atoms with Crippen LogP contribution in [0.15, 0.2) is 23.6 Å². The van der Waals surface area contributed by atoms with Crippen molar-refractivity contribution in [3.8, 4) is 11.3 Å². The molecule has 0 fully saturated rings. The molecule has 0 amide bonds. The normalized spacial score (nSPS) is 10.3. The second-order valence-corrected chi connectivity index (χ2v) is 3.72. The minimum absolute atomic E-state index is 0.978. The average Bonchev–Trinajstić information content (AvgIpc) is 2.61. The molecule has 0 unspecified atom stereocenters. The van der Waals surface area contributed by atoms with Gasteiger partial charge in [-0.3, -0.25) is 0 Å². The van der Waals surface area contributed by atoms with Gasteiger partial charge in [0.25, 0.3) is 0 Å². The molecule has 0 bridgehead atoms. The van der Waals surface area contributed by atoms with Crippen LogP contribution in [0.2, 0.25) is 0 Å². The van der Waals surface area contributed by atoms with Gasteiger partial charge in [-0.25, -0.2) is 0 Å². The highest BCUT2D eigenvalue weighted by Gasteiger charge is 2.03. The van der Waals surface area contributed by atoms with Crippen LogP contribution in [-0.2, 0) is 0 Å². The van der Waals surface area contributed by atoms with E-state index >= 15 is 0 Å². The van der Waals surface area contributed by atoms with E-state index in [1.165, 1.54) is 28.2 Å². The minimum Gasteiger partial charge on any atom is -0.138 e. The fourth-order valence-electron chi connectivity index (χ4n) is 1.29. The number of aromatic nitrogens is 2. The van der Waals surface area contributed by atoms with E-state index in [2.05, 4.69) is 41.6 Å². The fraction of sp³-hybridized carbons (Fsp3) is 0.200. The molecule has 0 atom stereocenters. The molecule has 1 aromatic carbocycles. The number of rotatable bonds is 1. The predicted molar refractivity (Wildman–Crippen MR) is 54.8 cm³/mol. The van der Waals surface area contributed by atoms with Crippen molar-refractivity contribution in [2.45, 2.75) is 13.8 Å². The first kappa shape index (κ1) is 8.38. The predicted octanol–water partition coefficient (Wildman–Crippen LogP) is 2.82. The fourth-order valence-corrected chi connectivity index (χ4v) is 1.75. The van der Waals surface area contributed by atoms with Gasteiger partial charge in [-0.2, -0.15) is 0 Å². The number of hydrogen-bond donors (Lipinski definition) is 0. The molecule has 3 heteroatoms. The molecule has 1 heterocycles. The Morgan fingerprint density at radius 2 is 2.08 bits per heavy atom. The number of benzene rings is 1. The van der Waals surface area contributed by atoms with E-state index in [0.717, 1.165) is 5.69 Å². The summed E-state index contributed by atoms with van der Waals surface area (Å²) in [4.78, 5) is 0. The Morgan fingerprint density at radius 3 is 2.77 bits per heavy atom. The standard InChI is InChI=1S/C10H10N2S/c1-7-3-4-8(2)9(5-7)10-6-13-12-11-10/h3-6H,1-2H3. The Hall–Kier alpha value is -1.22. The van der Waals surface area contributed by atoms with Crippen molar-refractivity contribution >= 4 is 11.5 Å². The number of hydrogen-bond acceptors (Lipinski definition) is 3. The van der Waals surface area contributed by atoms with Crippen LogP contribution in [0.3, 0.4) is 0 Å². The number of nitrogens with zero attached hydrogens (tertiary/aromatic N) is 2. The zero-order valence-electron chi connectivity index (χ0n) is 7.61. The Labute approximate surface area is 81.4 Å². The molecule has 0 saturated heterocycles. The van der Waals surface area contributed by atoms with Gasteiger partial charge in [0.05, 0.1) is 0 Å². The molecule has 0 saturated carbocycles. The van der Waals surface area contributed by atoms with Crippen LogP contribution in [0.4, 0.5) is 0 Å². The second-order valence-electron chi connectivity index (χ2n) is 3.11. The Morgan fingerprint density at radius 1 is 1.23 bits per heavy atom. The lowest BCUT2D eigenvalue weighted by atomic mass is 10.0. The SMILES string of the molecule is Cc1ccc(C)c(-c2csnn2)c1. The van der Waals surface area contributed by atoms with Gasteiger partial charge < -0.3 is 0 Å². The molecule has 2 nitrogen and oxygen atoms in total. The van der Waals surface area contributed by atoms with Gasteiger partial charge >= 0.3 is 0 Å². The summed E-state index contributed by atoms with van der Waals surface area (Å²) in [5.41, 5.74) is 4.67. The topological polar surface area (TPSA) is 25.8 Å². The van der Waals surface area contributed by atoms with E-state index in [1.54, 1.807) is 0 Å². The van der Waals surface area contributed by atoms with Gasteiger partial charge in [-0.15, -0.1) is 5.10 Å². The van der Waals surface area contributed by atoms with E-state index in [-0.39, 0.29) is 0 Å². The van der Waals surface area contributed by atoms with Crippen LogP contribution in [0.1, 0.15) is 11.1 Å². The zero-order chi connectivity index (χ0) is 9.26. The van der Waals surface area contributed by atoms with Crippen molar-refractivity contribution in [2.75, 3.05) is 0 Å². The van der Waals surface area contributed by atoms with Crippen molar-refractivity contribution < 1.29 is 0 Å². The van der Waals surface area contributed by atoms with Crippen LogP contribution in [0.25, 0.3) is 11.3 Å². The van der Waals surface area contributed by atoms with E-state index in [1.807, 2.05) is 5.38 Å². The molecule has 0 spiro atoms. The molecule has 0 radical (unpaired) electrons. The van der Waals surface area contributed by atoms with Crippen molar-refractivity contribution in [3.63, 3.8) is 0 Å². The van der Waals surface area contributed by atoms with E-state index in [0.29, 0.717) is 0 Å². The highest BCUT2D eigenvalue weighted by molar-refractivity contribution is 7.03. The third-order valence-corrected chi connectivity index (χ3v) is 2.53. The third kappa shape index (κ3) is 1.60. The summed E-state index contributed by atoms with van der Waals surface area (Å²) >= 11 is 1.39. The lowest BCUT2D eigenvalue weighted by Crippen LogP contribution is -1.84. The minimum atomic E-state index is 0.978. The van der Waals surface area contributed by atoms with Gasteiger partial charge in [0, 0.05) is 10.9 Å². The molecule has 0 N–H and O–H groups in total. The molecule has 2 aromatic rings. The molecule has 0 aliphatic heterocycles. The zero-order valence-corrected chi connectivity index (χ0v) is 8.43. The third-order valence-electron chi connectivity index (χ3n) is 2.03. The van der Waals surface area contributed by atoms with Crippen LogP contribution in [0.5, 0.6) is 0 Å². The Kier molecular flexibility index (Phi) is 2.10. The summed E-state index contributed by atoms with van der Waals surface area (Å²) in [6, 6.07) is 6.37. The van der Waals surface area contributed by atoms with Crippen LogP contribution >= 0.6 is 11.5 Å². The lowest BCUT2D eigenvalue weighted by molar-refractivity contribution is 1.15. The van der Waals surface area contributed by atoms with Crippen molar-refractivity contribution in [2.24, 2.45) is 0 Å². The second kappa shape index (κ2) is 3.26. The van der Waals surface area contributed by atoms with Gasteiger partial charge in [-0.1, -0.05) is 22.2 Å². The monoisotopic (exact) mass is 190 g/mol. The molecular weight excluding hydrogens is 180 g/mol. The maximum absolute atomic E-state index is 4.06. The summed E-state index contributed by atoms with van der Waals surface area (Å²) in [7, 11) is 0. The average molecular weight is 190 g/mol. The number of aryl methyl sites for hydroxylation is 2. The Bertz CT molecular complexity index is 407. The van der Waals surface area contributed by atoms with Crippen molar-refractivity contribution in [1.29, 1.82) is 0 Å². The highest BCUT2D eigenvalue weighted by atomic mass is 32.1. The summed E-state index contributed by atoms with van der Waals surface area (Å²) in [5, 5.41) is 6.03. The highest BCUT2D eigenvalue weighted by Crippen LogP contribution is 2.22. The van der Waals surface area contributed by atoms with E-state index < -0.39 is 0 Å². The molecule has 2 rings (SSSR count). The van der Waals surface area contributed by atoms with Crippen LogP contribution in [0, 0.1) is 13.8 Å². The van der Waals surface area contributed by atoms with Gasteiger partial charge in [0.15, 0.2) is 0 Å². The first-order valence-corrected chi connectivity index (χ1v) is 4.96. The lowest BCUT2D eigenvalue weighted by Gasteiger charge is -2.02. The molecule has 1 aromatic heterocycles. The van der Waals surface area contributed by atoms with Crippen molar-refractivity contribution in [3.05, 3.63) is 34.7 Å². The van der Waals surface area contributed by atoms with E-state index in [9.17, 15) is 0 Å². The summed E-state index contributed by atoms with van der Waals surface area (Å²) < 4.78 is 3.86. The van der Waals surface area contributed by atoms with Crippen molar-refractivity contribution in [1.82, 2.24) is 9.59 Å². The Balaban J connectivity index is 2.57. The van der Waals surface area contributed by atoms with Crippen LogP contribution in [-0.4, -0.2) is 9.59 Å². The first-order chi connectivity index (χ1) is 6.27. The maximum atomic E-state index is 4.06. The first-order valence-electron chi connectivity index (χ1n) is 4.12. The molecule has 0 aliphatic carbocycles. The van der Waals surface area contributed by atoms with E-state index in [4.69, 9.17) is 0 Å². The summed E-state index contributed by atoms with van der Waals surface area (Å²) in [6.45, 7) is 4.18. The molecule has 66 valence electrons. The van der Waals surface area contributed by atoms with Gasteiger partial charge in [0.1, 0.15) is 5.69 Å². The molecule has 13 heavy (non-hydrogen) atoms. The van der Waals surface area contributed by atoms with Gasteiger partial charge in [0.2, 0.25) is 0 Å². The summed E-state index contributed by atoms with van der Waals surface area (Å²) in [5.74, 6) is 0. The molecule has 0 aliphatic rings. The maximum Gasteiger partial charge on any atom is 0.106 e. The molecular formula is C10H10N2S. The smallest absolute Gasteiger partial charge is 0.106 e. The summed E-state index contributed by atoms with van der Waals surface area (Å²) in [6.07, 6.45) is 0. The largest absolute Gasteiger partial charge is 0.138 e.